The second-order valence-corrected chi connectivity index (χ2v) is 10.5. The molecule has 2 N–H and O–H groups in total. The molecule has 1 aromatic carbocycles. The number of imidazole rings is 1. The summed E-state index contributed by atoms with van der Waals surface area (Å²) in [6.07, 6.45) is 4.69. The number of carbonyl (C=O) groups is 1. The molecule has 0 aliphatic carbocycles. The molecule has 3 aromatic rings. The van der Waals surface area contributed by atoms with Gasteiger partial charge in [0, 0.05) is 11.8 Å². The SMILES string of the molecule is CCC(C)(C)Cc1cn(C(=O)OC(C)(C)C)c(C(N)Cc2ccc(-c3ccc(F)cn3)cc2)n1. The summed E-state index contributed by atoms with van der Waals surface area (Å²) in [5, 5.41) is 0. The Hall–Kier alpha value is -3.06. The van der Waals surface area contributed by atoms with Crippen molar-refractivity contribution in [1.82, 2.24) is 14.5 Å². The molecule has 1 unspecified atom stereocenters. The summed E-state index contributed by atoms with van der Waals surface area (Å²) in [6.45, 7) is 12.0. The first-order chi connectivity index (χ1) is 15.9. The van der Waals surface area contributed by atoms with Crippen LogP contribution in [0.1, 0.15) is 71.1 Å². The quantitative estimate of drug-likeness (QED) is 0.456. The van der Waals surface area contributed by atoms with Crippen LogP contribution in [-0.2, 0) is 17.6 Å². The van der Waals surface area contributed by atoms with Crippen LogP contribution < -0.4 is 5.73 Å². The third-order valence-corrected chi connectivity index (χ3v) is 5.75. The van der Waals surface area contributed by atoms with Gasteiger partial charge in [-0.2, -0.15) is 0 Å². The zero-order valence-electron chi connectivity index (χ0n) is 20.9. The van der Waals surface area contributed by atoms with Crippen molar-refractivity contribution in [3.05, 3.63) is 71.7 Å². The van der Waals surface area contributed by atoms with Crippen molar-refractivity contribution >= 4 is 6.09 Å². The minimum atomic E-state index is -0.629. The lowest BCUT2D eigenvalue weighted by molar-refractivity contribution is 0.0529. The van der Waals surface area contributed by atoms with Crippen molar-refractivity contribution < 1.29 is 13.9 Å². The van der Waals surface area contributed by atoms with Gasteiger partial charge in [-0.1, -0.05) is 51.5 Å². The summed E-state index contributed by atoms with van der Waals surface area (Å²) >= 11 is 0. The summed E-state index contributed by atoms with van der Waals surface area (Å²) in [4.78, 5) is 21.8. The van der Waals surface area contributed by atoms with Gasteiger partial charge in [0.25, 0.3) is 0 Å². The summed E-state index contributed by atoms with van der Waals surface area (Å²) in [7, 11) is 0. The summed E-state index contributed by atoms with van der Waals surface area (Å²) in [6, 6.07) is 10.3. The Balaban J connectivity index is 1.84. The van der Waals surface area contributed by atoms with Gasteiger partial charge in [0.1, 0.15) is 17.2 Å². The number of hydrogen-bond acceptors (Lipinski definition) is 5. The van der Waals surface area contributed by atoms with Crippen LogP contribution in [0.5, 0.6) is 0 Å². The first kappa shape index (κ1) is 25.6. The minimum Gasteiger partial charge on any atom is -0.443 e. The highest BCUT2D eigenvalue weighted by Crippen LogP contribution is 2.27. The summed E-state index contributed by atoms with van der Waals surface area (Å²) < 4.78 is 20.2. The number of nitrogens with two attached hydrogens (primary N) is 1. The number of pyridine rings is 1. The van der Waals surface area contributed by atoms with Crippen LogP contribution in [0, 0.1) is 11.2 Å². The van der Waals surface area contributed by atoms with E-state index in [1.807, 2.05) is 45.0 Å². The van der Waals surface area contributed by atoms with Gasteiger partial charge in [-0.3, -0.25) is 4.98 Å². The van der Waals surface area contributed by atoms with Crippen molar-refractivity contribution in [3.8, 4) is 11.3 Å². The first-order valence-electron chi connectivity index (χ1n) is 11.6. The topological polar surface area (TPSA) is 83.0 Å². The lowest BCUT2D eigenvalue weighted by Crippen LogP contribution is -2.29. The summed E-state index contributed by atoms with van der Waals surface area (Å²) in [5.41, 5.74) is 9.38. The maximum atomic E-state index is 13.1. The number of ether oxygens (including phenoxy) is 1. The molecular formula is C27H35FN4O2. The molecule has 6 nitrogen and oxygen atoms in total. The lowest BCUT2D eigenvalue weighted by Gasteiger charge is -2.21. The van der Waals surface area contributed by atoms with E-state index in [0.29, 0.717) is 17.9 Å². The Morgan fingerprint density at radius 1 is 1.12 bits per heavy atom. The van der Waals surface area contributed by atoms with E-state index in [-0.39, 0.29) is 11.2 Å². The Kier molecular flexibility index (Phi) is 7.56. The molecule has 0 saturated carbocycles. The smallest absolute Gasteiger partial charge is 0.420 e. The predicted octanol–water partition coefficient (Wildman–Crippen LogP) is 6.09. The molecule has 0 radical (unpaired) electrons. The van der Waals surface area contributed by atoms with Crippen LogP contribution >= 0.6 is 0 Å². The van der Waals surface area contributed by atoms with Crippen LogP contribution in [-0.4, -0.2) is 26.2 Å². The number of nitrogens with zero attached hydrogens (tertiary/aromatic N) is 3. The second-order valence-electron chi connectivity index (χ2n) is 10.5. The molecule has 182 valence electrons. The molecule has 0 spiro atoms. The number of hydrogen-bond donors (Lipinski definition) is 1. The zero-order valence-corrected chi connectivity index (χ0v) is 20.9. The highest BCUT2D eigenvalue weighted by Gasteiger charge is 2.26. The van der Waals surface area contributed by atoms with Crippen LogP contribution in [0.15, 0.2) is 48.8 Å². The Bertz CT molecular complexity index is 1110. The summed E-state index contributed by atoms with van der Waals surface area (Å²) in [5.74, 6) is 0.119. The molecule has 0 amide bonds. The molecule has 7 heteroatoms. The standard InChI is InChI=1S/C27H35FN4O2/c1-7-27(5,6)15-21-17-32(25(33)34-26(2,3)4)24(31-21)22(29)14-18-8-10-19(11-9-18)23-13-12-20(28)16-30-23/h8-13,16-17,22H,7,14-15,29H2,1-6H3. The third kappa shape index (κ3) is 6.73. The second kappa shape index (κ2) is 10.1. The molecule has 0 saturated heterocycles. The molecule has 0 fully saturated rings. The predicted molar refractivity (Wildman–Crippen MR) is 132 cm³/mol. The average Bonchev–Trinajstić information content (AvgIpc) is 3.17. The fraction of sp³-hybridized carbons (Fsp3) is 0.444. The normalized spacial score (nSPS) is 13.1. The number of aromatic nitrogens is 3. The third-order valence-electron chi connectivity index (χ3n) is 5.75. The van der Waals surface area contributed by atoms with Gasteiger partial charge in [-0.15, -0.1) is 0 Å². The molecule has 2 heterocycles. The van der Waals surface area contributed by atoms with Crippen molar-refractivity contribution in [2.45, 2.75) is 72.4 Å². The lowest BCUT2D eigenvalue weighted by atomic mass is 9.85. The fourth-order valence-electron chi connectivity index (χ4n) is 3.57. The molecule has 2 aromatic heterocycles. The van der Waals surface area contributed by atoms with Crippen molar-refractivity contribution in [3.63, 3.8) is 0 Å². The number of halogens is 1. The fourth-order valence-corrected chi connectivity index (χ4v) is 3.57. The molecule has 3 rings (SSSR count). The van der Waals surface area contributed by atoms with E-state index in [4.69, 9.17) is 15.5 Å². The van der Waals surface area contributed by atoms with Crippen LogP contribution in [0.3, 0.4) is 0 Å². The minimum absolute atomic E-state index is 0.0543. The van der Waals surface area contributed by atoms with E-state index in [9.17, 15) is 9.18 Å². The first-order valence-corrected chi connectivity index (χ1v) is 11.6. The van der Waals surface area contributed by atoms with Crippen LogP contribution in [0.2, 0.25) is 0 Å². The maximum absolute atomic E-state index is 13.1. The van der Waals surface area contributed by atoms with Gasteiger partial charge < -0.3 is 10.5 Å². The van der Waals surface area contributed by atoms with Gasteiger partial charge in [-0.05, 0) is 56.7 Å². The maximum Gasteiger partial charge on any atom is 0.420 e. The van der Waals surface area contributed by atoms with Crippen LogP contribution in [0.4, 0.5) is 9.18 Å². The van der Waals surface area contributed by atoms with E-state index < -0.39 is 17.7 Å². The zero-order chi connectivity index (χ0) is 25.1. The van der Waals surface area contributed by atoms with E-state index in [1.54, 1.807) is 12.3 Å². The monoisotopic (exact) mass is 466 g/mol. The average molecular weight is 467 g/mol. The number of carbonyl (C=O) groups excluding carboxylic acids is 1. The van der Waals surface area contributed by atoms with Crippen molar-refractivity contribution in [2.75, 3.05) is 0 Å². The molecule has 1 atom stereocenters. The Morgan fingerprint density at radius 2 is 1.79 bits per heavy atom. The van der Waals surface area contributed by atoms with Crippen molar-refractivity contribution in [2.24, 2.45) is 11.1 Å². The van der Waals surface area contributed by atoms with Gasteiger partial charge in [0.2, 0.25) is 0 Å². The highest BCUT2D eigenvalue weighted by molar-refractivity contribution is 5.72. The van der Waals surface area contributed by atoms with Gasteiger partial charge in [0.15, 0.2) is 0 Å². The molecule has 34 heavy (non-hydrogen) atoms. The van der Waals surface area contributed by atoms with Crippen molar-refractivity contribution in [1.29, 1.82) is 0 Å². The Labute approximate surface area is 201 Å². The van der Waals surface area contributed by atoms with Gasteiger partial charge >= 0.3 is 6.09 Å². The molecule has 0 aliphatic heterocycles. The van der Waals surface area contributed by atoms with E-state index in [1.165, 1.54) is 16.8 Å². The Morgan fingerprint density at radius 3 is 2.35 bits per heavy atom. The number of rotatable bonds is 7. The molecular weight excluding hydrogens is 431 g/mol. The largest absolute Gasteiger partial charge is 0.443 e. The van der Waals surface area contributed by atoms with Crippen LogP contribution in [0.25, 0.3) is 11.3 Å². The van der Waals surface area contributed by atoms with Gasteiger partial charge in [0.05, 0.1) is 23.6 Å². The van der Waals surface area contributed by atoms with E-state index >= 15 is 0 Å². The molecule has 0 aliphatic rings. The van der Waals surface area contributed by atoms with Gasteiger partial charge in [-0.25, -0.2) is 18.7 Å². The molecule has 0 bridgehead atoms. The van der Waals surface area contributed by atoms with E-state index in [0.717, 1.165) is 29.7 Å². The van der Waals surface area contributed by atoms with E-state index in [2.05, 4.69) is 25.8 Å². The highest BCUT2D eigenvalue weighted by atomic mass is 19.1. The number of benzene rings is 1.